The number of hydrogen-bond acceptors (Lipinski definition) is 5. The van der Waals surface area contributed by atoms with Crippen molar-refractivity contribution in [3.8, 4) is 5.75 Å². The Kier molecular flexibility index (Phi) is 9.37. The van der Waals surface area contributed by atoms with Crippen LogP contribution in [-0.4, -0.2) is 48.6 Å². The Morgan fingerprint density at radius 3 is 2.50 bits per heavy atom. The zero-order chi connectivity index (χ0) is 20.8. The minimum absolute atomic E-state index is 0. The third kappa shape index (κ3) is 6.08. The number of para-hydroxylation sites is 1. The largest absolute Gasteiger partial charge is 0.484 e. The molecule has 30 heavy (non-hydrogen) atoms. The number of nitrogens with zero attached hydrogens (tertiary/aromatic N) is 3. The maximum atomic E-state index is 13.1. The van der Waals surface area contributed by atoms with Crippen molar-refractivity contribution in [1.29, 1.82) is 0 Å². The normalized spacial score (nSPS) is 10.8. The molecule has 0 spiro atoms. The lowest BCUT2D eigenvalue weighted by Crippen LogP contribution is -2.41. The van der Waals surface area contributed by atoms with Crippen LogP contribution in [0.3, 0.4) is 0 Å². The van der Waals surface area contributed by atoms with Gasteiger partial charge in [-0.3, -0.25) is 9.69 Å². The number of halogens is 2. The number of benzene rings is 2. The summed E-state index contributed by atoms with van der Waals surface area (Å²) in [5.74, 6) is 0.570. The van der Waals surface area contributed by atoms with Crippen molar-refractivity contribution in [2.45, 2.75) is 20.8 Å². The zero-order valence-electron chi connectivity index (χ0n) is 17.4. The van der Waals surface area contributed by atoms with Gasteiger partial charge in [0.2, 0.25) is 0 Å². The molecule has 0 bridgehead atoms. The minimum atomic E-state index is -0.108. The van der Waals surface area contributed by atoms with Crippen LogP contribution in [0.2, 0.25) is 5.02 Å². The van der Waals surface area contributed by atoms with Gasteiger partial charge < -0.3 is 9.64 Å². The topological polar surface area (TPSA) is 45.7 Å². The van der Waals surface area contributed by atoms with Crippen LogP contribution in [-0.2, 0) is 4.79 Å². The van der Waals surface area contributed by atoms with Gasteiger partial charge in [-0.2, -0.15) is 0 Å². The molecule has 162 valence electrons. The predicted molar refractivity (Wildman–Crippen MR) is 129 cm³/mol. The van der Waals surface area contributed by atoms with Crippen molar-refractivity contribution in [1.82, 2.24) is 9.88 Å². The summed E-state index contributed by atoms with van der Waals surface area (Å²) < 4.78 is 6.68. The highest BCUT2D eigenvalue weighted by molar-refractivity contribution is 7.22. The number of carbonyl (C=O) groups is 1. The lowest BCUT2D eigenvalue weighted by Gasteiger charge is -2.24. The number of fused-ring (bicyclic) bond motifs is 1. The summed E-state index contributed by atoms with van der Waals surface area (Å²) in [5.41, 5.74) is 1.89. The maximum Gasteiger partial charge on any atom is 0.266 e. The summed E-state index contributed by atoms with van der Waals surface area (Å²) in [7, 11) is 0. The lowest BCUT2D eigenvalue weighted by atomic mass is 10.2. The average Bonchev–Trinajstić information content (AvgIpc) is 3.14. The van der Waals surface area contributed by atoms with E-state index in [4.69, 9.17) is 21.3 Å². The van der Waals surface area contributed by atoms with Crippen LogP contribution in [0.25, 0.3) is 10.2 Å². The molecule has 0 radical (unpaired) electrons. The molecule has 0 saturated carbocycles. The second-order valence-corrected chi connectivity index (χ2v) is 8.19. The van der Waals surface area contributed by atoms with Gasteiger partial charge >= 0.3 is 0 Å². The van der Waals surface area contributed by atoms with E-state index in [0.717, 1.165) is 35.4 Å². The van der Waals surface area contributed by atoms with Gasteiger partial charge in [-0.25, -0.2) is 4.98 Å². The second kappa shape index (κ2) is 11.5. The van der Waals surface area contributed by atoms with E-state index in [1.807, 2.05) is 49.4 Å². The van der Waals surface area contributed by atoms with Crippen LogP contribution < -0.4 is 9.64 Å². The number of carbonyl (C=O) groups excluding carboxylic acids is 1. The molecule has 1 aromatic heterocycles. The average molecular weight is 468 g/mol. The molecule has 1 heterocycles. The van der Waals surface area contributed by atoms with Crippen LogP contribution in [0.4, 0.5) is 5.13 Å². The highest BCUT2D eigenvalue weighted by atomic mass is 35.5. The maximum absolute atomic E-state index is 13.1. The summed E-state index contributed by atoms with van der Waals surface area (Å²) in [6, 6.07) is 13.2. The standard InChI is InChI=1S/C22H26ClN3O2S.ClH/c1-4-25(5-2)11-12-26(20(27)15-28-18-9-7-6-8-10-18)22-24-21-16(3)13-17(23)14-19(21)29-22;/h6-10,13-14H,4-5,11-12,15H2,1-3H3;1H. The SMILES string of the molecule is CCN(CC)CCN(C(=O)COc1ccccc1)c1nc2c(C)cc(Cl)cc2s1.Cl. The Bertz CT molecular complexity index is 962. The first-order valence-electron chi connectivity index (χ1n) is 9.79. The van der Waals surface area contributed by atoms with Gasteiger partial charge in [0.15, 0.2) is 11.7 Å². The smallest absolute Gasteiger partial charge is 0.266 e. The van der Waals surface area contributed by atoms with Gasteiger partial charge in [0.05, 0.1) is 10.2 Å². The fourth-order valence-corrected chi connectivity index (χ4v) is 4.57. The zero-order valence-corrected chi connectivity index (χ0v) is 19.8. The van der Waals surface area contributed by atoms with E-state index in [1.165, 1.54) is 11.3 Å². The molecule has 0 aliphatic rings. The summed E-state index contributed by atoms with van der Waals surface area (Å²) in [5, 5.41) is 1.36. The van der Waals surface area contributed by atoms with E-state index in [1.54, 1.807) is 4.90 Å². The first kappa shape index (κ1) is 24.4. The molecule has 3 rings (SSSR count). The number of aryl methyl sites for hydroxylation is 1. The first-order valence-corrected chi connectivity index (χ1v) is 11.0. The molecular formula is C22H27Cl2N3O2S. The molecule has 3 aromatic rings. The van der Waals surface area contributed by atoms with Crippen LogP contribution in [0.1, 0.15) is 19.4 Å². The molecule has 8 heteroatoms. The Morgan fingerprint density at radius 2 is 1.83 bits per heavy atom. The summed E-state index contributed by atoms with van der Waals surface area (Å²) in [6.45, 7) is 9.41. The van der Waals surface area contributed by atoms with Gasteiger partial charge in [-0.15, -0.1) is 12.4 Å². The molecule has 0 unspecified atom stereocenters. The molecule has 0 saturated heterocycles. The molecule has 0 aliphatic heterocycles. The van der Waals surface area contributed by atoms with Gasteiger partial charge in [0.25, 0.3) is 5.91 Å². The summed E-state index contributed by atoms with van der Waals surface area (Å²) in [6.07, 6.45) is 0. The van der Waals surface area contributed by atoms with Crippen LogP contribution in [0, 0.1) is 6.92 Å². The van der Waals surface area contributed by atoms with Gasteiger partial charge in [0, 0.05) is 18.1 Å². The van der Waals surface area contributed by atoms with Crippen molar-refractivity contribution >= 4 is 56.6 Å². The molecule has 0 fully saturated rings. The van der Waals surface area contributed by atoms with E-state index < -0.39 is 0 Å². The fourth-order valence-electron chi connectivity index (χ4n) is 3.11. The van der Waals surface area contributed by atoms with Gasteiger partial charge in [-0.1, -0.05) is 55.0 Å². The van der Waals surface area contributed by atoms with Crippen LogP contribution in [0.15, 0.2) is 42.5 Å². The molecule has 1 amide bonds. The first-order chi connectivity index (χ1) is 14.0. The predicted octanol–water partition coefficient (Wildman–Crippen LogP) is 5.43. The molecule has 0 atom stereocenters. The van der Waals surface area contributed by atoms with E-state index in [-0.39, 0.29) is 24.9 Å². The minimum Gasteiger partial charge on any atom is -0.484 e. The van der Waals surface area contributed by atoms with E-state index in [2.05, 4.69) is 18.7 Å². The summed E-state index contributed by atoms with van der Waals surface area (Å²) in [4.78, 5) is 21.8. The Balaban J connectivity index is 0.00000320. The number of amides is 1. The van der Waals surface area contributed by atoms with Crippen molar-refractivity contribution in [3.63, 3.8) is 0 Å². The molecule has 0 aliphatic carbocycles. The van der Waals surface area contributed by atoms with E-state index in [9.17, 15) is 4.79 Å². The highest BCUT2D eigenvalue weighted by Crippen LogP contribution is 2.33. The quantitative estimate of drug-likeness (QED) is 0.420. The number of thiazole rings is 1. The third-order valence-corrected chi connectivity index (χ3v) is 6.05. The fraction of sp³-hybridized carbons (Fsp3) is 0.364. The second-order valence-electron chi connectivity index (χ2n) is 6.74. The number of anilines is 1. The Morgan fingerprint density at radius 1 is 1.13 bits per heavy atom. The van der Waals surface area contributed by atoms with Gasteiger partial charge in [-0.05, 0) is 49.8 Å². The van der Waals surface area contributed by atoms with Crippen LogP contribution >= 0.6 is 35.3 Å². The molecule has 2 aromatic carbocycles. The number of hydrogen-bond donors (Lipinski definition) is 0. The number of likely N-dealkylation sites (N-methyl/N-ethyl adjacent to an activating group) is 1. The number of rotatable bonds is 9. The van der Waals surface area contributed by atoms with E-state index >= 15 is 0 Å². The molecule has 0 N–H and O–H groups in total. The Labute approximate surface area is 193 Å². The van der Waals surface area contributed by atoms with Crippen molar-refractivity contribution < 1.29 is 9.53 Å². The Hall–Kier alpha value is -1.86. The van der Waals surface area contributed by atoms with Crippen LogP contribution in [0.5, 0.6) is 5.75 Å². The van der Waals surface area contributed by atoms with Gasteiger partial charge in [0.1, 0.15) is 5.75 Å². The van der Waals surface area contributed by atoms with Crippen molar-refractivity contribution in [2.75, 3.05) is 37.7 Å². The monoisotopic (exact) mass is 467 g/mol. The highest BCUT2D eigenvalue weighted by Gasteiger charge is 2.21. The van der Waals surface area contributed by atoms with Crippen molar-refractivity contribution in [3.05, 3.63) is 53.1 Å². The molecular weight excluding hydrogens is 441 g/mol. The third-order valence-electron chi connectivity index (χ3n) is 4.81. The van der Waals surface area contributed by atoms with E-state index in [0.29, 0.717) is 22.4 Å². The summed E-state index contributed by atoms with van der Waals surface area (Å²) >= 11 is 7.69. The number of ether oxygens (including phenoxy) is 1. The number of aromatic nitrogens is 1. The lowest BCUT2D eigenvalue weighted by molar-refractivity contribution is -0.120. The molecule has 5 nitrogen and oxygen atoms in total. The van der Waals surface area contributed by atoms with Crippen molar-refractivity contribution in [2.24, 2.45) is 0 Å².